The number of benzene rings is 2. The van der Waals surface area contributed by atoms with Crippen LogP contribution in [0.3, 0.4) is 0 Å². The van der Waals surface area contributed by atoms with E-state index in [2.05, 4.69) is 52.8 Å². The van der Waals surface area contributed by atoms with Crippen LogP contribution in [-0.2, 0) is 0 Å². The summed E-state index contributed by atoms with van der Waals surface area (Å²) in [4.78, 5) is 4.96. The molecule has 0 atom stereocenters. The quantitative estimate of drug-likeness (QED) is 0.784. The monoisotopic (exact) mass is 290 g/mol. The van der Waals surface area contributed by atoms with Crippen LogP contribution in [0.25, 0.3) is 0 Å². The van der Waals surface area contributed by atoms with Gasteiger partial charge in [-0.1, -0.05) is 37.0 Å². The molecule has 2 aromatic carbocycles. The molecule has 0 N–H and O–H groups in total. The van der Waals surface area contributed by atoms with Gasteiger partial charge in [0.2, 0.25) is 0 Å². The zero-order valence-corrected chi connectivity index (χ0v) is 13.1. The van der Waals surface area contributed by atoms with Gasteiger partial charge in [0.25, 0.3) is 0 Å². The minimum atomic E-state index is 1.06. The Morgan fingerprint density at radius 1 is 0.773 bits per heavy atom. The molecule has 2 aromatic rings. The van der Waals surface area contributed by atoms with Crippen LogP contribution in [0.1, 0.15) is 18.1 Å². The number of nitrogens with zero attached hydrogens (tertiary/aromatic N) is 2. The maximum atomic E-state index is 3.23. The van der Waals surface area contributed by atoms with Crippen molar-refractivity contribution >= 4 is 5.69 Å². The van der Waals surface area contributed by atoms with E-state index in [1.807, 2.05) is 30.3 Å². The van der Waals surface area contributed by atoms with Crippen molar-refractivity contribution in [3.8, 4) is 11.8 Å². The molecule has 1 saturated heterocycles. The molecule has 2 heteroatoms. The summed E-state index contributed by atoms with van der Waals surface area (Å²) in [7, 11) is 0. The Morgan fingerprint density at radius 3 is 1.95 bits per heavy atom. The number of anilines is 1. The van der Waals surface area contributed by atoms with Gasteiger partial charge in [0.1, 0.15) is 0 Å². The molecule has 0 saturated carbocycles. The van der Waals surface area contributed by atoms with Gasteiger partial charge in [-0.15, -0.1) is 0 Å². The van der Waals surface area contributed by atoms with Gasteiger partial charge in [0.15, 0.2) is 0 Å². The average Bonchev–Trinajstić information content (AvgIpc) is 2.61. The van der Waals surface area contributed by atoms with Crippen molar-refractivity contribution in [3.05, 3.63) is 65.7 Å². The molecule has 0 unspecified atom stereocenters. The van der Waals surface area contributed by atoms with Gasteiger partial charge < -0.3 is 9.80 Å². The van der Waals surface area contributed by atoms with E-state index in [9.17, 15) is 0 Å². The third kappa shape index (κ3) is 3.69. The molecule has 3 rings (SSSR count). The van der Waals surface area contributed by atoms with Gasteiger partial charge in [-0.3, -0.25) is 0 Å². The lowest BCUT2D eigenvalue weighted by atomic mass is 10.1. The molecular weight excluding hydrogens is 268 g/mol. The van der Waals surface area contributed by atoms with Crippen molar-refractivity contribution in [2.24, 2.45) is 0 Å². The highest BCUT2D eigenvalue weighted by atomic mass is 15.3. The molecule has 112 valence electrons. The van der Waals surface area contributed by atoms with E-state index in [1.165, 1.54) is 5.69 Å². The summed E-state index contributed by atoms with van der Waals surface area (Å²) in [5, 5.41) is 0. The zero-order chi connectivity index (χ0) is 15.2. The highest BCUT2D eigenvalue weighted by molar-refractivity contribution is 5.52. The third-order valence-corrected chi connectivity index (χ3v) is 4.18. The number of hydrogen-bond donors (Lipinski definition) is 0. The second kappa shape index (κ2) is 7.15. The fourth-order valence-corrected chi connectivity index (χ4v) is 2.74. The van der Waals surface area contributed by atoms with Crippen molar-refractivity contribution in [3.63, 3.8) is 0 Å². The molecule has 0 amide bonds. The third-order valence-electron chi connectivity index (χ3n) is 4.18. The molecule has 1 aliphatic rings. The predicted octanol–water partition coefficient (Wildman–Crippen LogP) is 3.23. The Hall–Kier alpha value is -2.24. The summed E-state index contributed by atoms with van der Waals surface area (Å²) in [6.07, 6.45) is 0. The van der Waals surface area contributed by atoms with Gasteiger partial charge in [-0.25, -0.2) is 0 Å². The van der Waals surface area contributed by atoms with Crippen molar-refractivity contribution in [2.45, 2.75) is 6.92 Å². The van der Waals surface area contributed by atoms with E-state index in [0.29, 0.717) is 0 Å². The topological polar surface area (TPSA) is 6.48 Å². The standard InChI is InChI=1S/C20H22N2/c1-2-21-14-16-22(17-15-21)20-12-10-19(11-13-20)9-8-18-6-4-3-5-7-18/h3-7,10-13H,2,14-17H2,1H3. The first-order chi connectivity index (χ1) is 10.8. The van der Waals surface area contributed by atoms with Gasteiger partial charge in [0, 0.05) is 43.0 Å². The summed E-state index contributed by atoms with van der Waals surface area (Å²) >= 11 is 0. The number of likely N-dealkylation sites (N-methyl/N-ethyl adjacent to an activating group) is 1. The zero-order valence-electron chi connectivity index (χ0n) is 13.1. The second-order valence-electron chi connectivity index (χ2n) is 5.58. The first kappa shape index (κ1) is 14.7. The molecule has 0 aliphatic carbocycles. The van der Waals surface area contributed by atoms with E-state index >= 15 is 0 Å². The Kier molecular flexibility index (Phi) is 4.78. The summed E-state index contributed by atoms with van der Waals surface area (Å²) in [6, 6.07) is 18.7. The van der Waals surface area contributed by atoms with Gasteiger partial charge in [0.05, 0.1) is 0 Å². The SMILES string of the molecule is CCN1CCN(c2ccc(C#Cc3ccccc3)cc2)CC1. The number of hydrogen-bond acceptors (Lipinski definition) is 2. The van der Waals surface area contributed by atoms with Gasteiger partial charge in [-0.2, -0.15) is 0 Å². The molecule has 22 heavy (non-hydrogen) atoms. The van der Waals surface area contributed by atoms with E-state index < -0.39 is 0 Å². The van der Waals surface area contributed by atoms with Crippen molar-refractivity contribution < 1.29 is 0 Å². The van der Waals surface area contributed by atoms with Crippen LogP contribution in [0.2, 0.25) is 0 Å². The first-order valence-electron chi connectivity index (χ1n) is 7.99. The fourth-order valence-electron chi connectivity index (χ4n) is 2.74. The van der Waals surface area contributed by atoms with Crippen LogP contribution in [0.4, 0.5) is 5.69 Å². The van der Waals surface area contributed by atoms with Crippen LogP contribution in [0.5, 0.6) is 0 Å². The Morgan fingerprint density at radius 2 is 1.36 bits per heavy atom. The molecule has 2 nitrogen and oxygen atoms in total. The van der Waals surface area contributed by atoms with Crippen LogP contribution in [0.15, 0.2) is 54.6 Å². The van der Waals surface area contributed by atoms with Crippen molar-refractivity contribution in [1.82, 2.24) is 4.90 Å². The first-order valence-corrected chi connectivity index (χ1v) is 7.99. The van der Waals surface area contributed by atoms with E-state index in [1.54, 1.807) is 0 Å². The van der Waals surface area contributed by atoms with Crippen molar-refractivity contribution in [1.29, 1.82) is 0 Å². The lowest BCUT2D eigenvalue weighted by molar-refractivity contribution is 0.271. The summed E-state index contributed by atoms with van der Waals surface area (Å²) < 4.78 is 0. The van der Waals surface area contributed by atoms with Gasteiger partial charge in [-0.05, 0) is 42.9 Å². The second-order valence-corrected chi connectivity index (χ2v) is 5.58. The number of piperazine rings is 1. The summed E-state index contributed by atoms with van der Waals surface area (Å²) in [6.45, 7) is 7.93. The highest BCUT2D eigenvalue weighted by Crippen LogP contribution is 2.17. The minimum Gasteiger partial charge on any atom is -0.369 e. The molecule has 1 fully saturated rings. The van der Waals surface area contributed by atoms with E-state index in [-0.39, 0.29) is 0 Å². The molecule has 0 aromatic heterocycles. The summed E-state index contributed by atoms with van der Waals surface area (Å²) in [5.74, 6) is 6.43. The Bertz CT molecular complexity index is 642. The molecule has 1 aliphatic heterocycles. The van der Waals surface area contributed by atoms with E-state index in [0.717, 1.165) is 43.9 Å². The lowest BCUT2D eigenvalue weighted by Crippen LogP contribution is -2.46. The fraction of sp³-hybridized carbons (Fsp3) is 0.300. The Balaban J connectivity index is 1.65. The normalized spacial score (nSPS) is 15.2. The highest BCUT2D eigenvalue weighted by Gasteiger charge is 2.15. The van der Waals surface area contributed by atoms with Crippen LogP contribution >= 0.6 is 0 Å². The molecule has 1 heterocycles. The largest absolute Gasteiger partial charge is 0.369 e. The van der Waals surface area contributed by atoms with Crippen molar-refractivity contribution in [2.75, 3.05) is 37.6 Å². The van der Waals surface area contributed by atoms with Crippen LogP contribution in [-0.4, -0.2) is 37.6 Å². The maximum Gasteiger partial charge on any atom is 0.0367 e. The molecule has 0 spiro atoms. The minimum absolute atomic E-state index is 1.06. The maximum absolute atomic E-state index is 3.23. The predicted molar refractivity (Wildman–Crippen MR) is 93.2 cm³/mol. The Labute approximate surface area is 133 Å². The molecule has 0 radical (unpaired) electrons. The summed E-state index contributed by atoms with van der Waals surface area (Å²) in [5.41, 5.74) is 3.43. The number of rotatable bonds is 2. The van der Waals surface area contributed by atoms with E-state index in [4.69, 9.17) is 0 Å². The van der Waals surface area contributed by atoms with Gasteiger partial charge >= 0.3 is 0 Å². The van der Waals surface area contributed by atoms with Crippen LogP contribution in [0, 0.1) is 11.8 Å². The average molecular weight is 290 g/mol. The molecular formula is C20H22N2. The smallest absolute Gasteiger partial charge is 0.0367 e. The van der Waals surface area contributed by atoms with Crippen LogP contribution < -0.4 is 4.90 Å². The lowest BCUT2D eigenvalue weighted by Gasteiger charge is -2.35. The molecule has 0 bridgehead atoms.